The minimum atomic E-state index is -3.73. The van der Waals surface area contributed by atoms with Gasteiger partial charge in [-0.3, -0.25) is 9.36 Å². The van der Waals surface area contributed by atoms with Crippen LogP contribution in [0.1, 0.15) is 143 Å². The van der Waals surface area contributed by atoms with Crippen molar-refractivity contribution in [3.8, 4) is 0 Å². The molecular weight excluding hydrogens is 513 g/mol. The fourth-order valence-corrected chi connectivity index (χ4v) is 5.82. The van der Waals surface area contributed by atoms with Crippen LogP contribution in [0.5, 0.6) is 0 Å². The van der Waals surface area contributed by atoms with Gasteiger partial charge >= 0.3 is 13.6 Å². The first kappa shape index (κ1) is 38.5. The Bertz CT molecular complexity index is 587. The van der Waals surface area contributed by atoms with E-state index in [0.29, 0.717) is 13.2 Å². The summed E-state index contributed by atoms with van der Waals surface area (Å²) < 4.78 is 28.8. The minimum Gasteiger partial charge on any atom is -0.457 e. The van der Waals surface area contributed by atoms with E-state index in [1.807, 2.05) is 0 Å². The van der Waals surface area contributed by atoms with E-state index in [-0.39, 0.29) is 31.8 Å². The molecule has 0 aliphatic rings. The van der Waals surface area contributed by atoms with Crippen LogP contribution in [-0.2, 0) is 23.4 Å². The highest BCUT2D eigenvalue weighted by atomic mass is 31.2. The molecule has 0 amide bonds. The number of carbonyl (C=O) groups excluding carboxylic acids is 1. The maximum absolute atomic E-state index is 12.4. The topological polar surface area (TPSA) is 86.5 Å². The second-order valence-corrected chi connectivity index (χ2v) is 13.0. The molecule has 0 saturated carbocycles. The van der Waals surface area contributed by atoms with E-state index in [4.69, 9.17) is 14.0 Å². The lowest BCUT2D eigenvalue weighted by Crippen LogP contribution is -3.11. The monoisotopic (exact) mass is 578 g/mol. The summed E-state index contributed by atoms with van der Waals surface area (Å²) in [5.74, 6) is -0.356. The summed E-state index contributed by atoms with van der Waals surface area (Å²) in [7, 11) is -3.73. The second-order valence-electron chi connectivity index (χ2n) is 11.1. The molecule has 2 N–H and O–H groups in total. The van der Waals surface area contributed by atoms with Gasteiger partial charge in [0, 0.05) is 13.0 Å². The van der Waals surface area contributed by atoms with E-state index in [9.17, 15) is 14.3 Å². The average Bonchev–Trinajstić information content (AvgIpc) is 2.93. The Labute approximate surface area is 241 Å². The molecule has 0 rings (SSSR count). The lowest BCUT2D eigenvalue weighted by molar-refractivity contribution is -0.893. The molecular formula is C31H65NO6P+. The van der Waals surface area contributed by atoms with Crippen LogP contribution >= 0.6 is 7.60 Å². The van der Waals surface area contributed by atoms with E-state index in [2.05, 4.69) is 20.8 Å². The molecule has 8 heteroatoms. The Kier molecular flexibility index (Phi) is 27.4. The zero-order valence-corrected chi connectivity index (χ0v) is 27.1. The Morgan fingerprint density at radius 1 is 0.718 bits per heavy atom. The number of nitrogens with one attached hydrogen (secondary N) is 1. The standard InChI is InChI=1S/C31H64NO6P/c1-5-9-10-11-12-13-14-15-16-17-18-19-20-21-22-23-24-26-36-28-30(38-31(33)6-2)29-37-39(34,35)27-25-32(7-3)8-4/h30H,5-29H2,1-4H3,(H,34,35)/p+1. The molecule has 0 radical (unpaired) electrons. The smallest absolute Gasteiger partial charge is 0.333 e. The van der Waals surface area contributed by atoms with E-state index in [1.54, 1.807) is 6.92 Å². The lowest BCUT2D eigenvalue weighted by Gasteiger charge is -2.21. The van der Waals surface area contributed by atoms with Gasteiger partial charge in [-0.05, 0) is 20.3 Å². The fourth-order valence-electron chi connectivity index (χ4n) is 4.70. The molecule has 0 saturated heterocycles. The molecule has 0 bridgehead atoms. The zero-order chi connectivity index (χ0) is 29.0. The van der Waals surface area contributed by atoms with Crippen LogP contribution in [0.25, 0.3) is 0 Å². The van der Waals surface area contributed by atoms with Crippen LogP contribution in [-0.4, -0.2) is 62.6 Å². The van der Waals surface area contributed by atoms with Gasteiger partial charge in [-0.15, -0.1) is 0 Å². The number of esters is 1. The molecule has 0 aliphatic carbocycles. The molecule has 0 heterocycles. The van der Waals surface area contributed by atoms with Gasteiger partial charge in [-0.25, -0.2) is 0 Å². The first-order valence-electron chi connectivity index (χ1n) is 16.5. The van der Waals surface area contributed by atoms with Crippen LogP contribution in [0.2, 0.25) is 0 Å². The molecule has 2 atom stereocenters. The van der Waals surface area contributed by atoms with Gasteiger partial charge in [0.15, 0.2) is 0 Å². The summed E-state index contributed by atoms with van der Waals surface area (Å²) in [5, 5.41) is 0. The van der Waals surface area contributed by atoms with Gasteiger partial charge in [0.1, 0.15) is 6.10 Å². The quantitative estimate of drug-likeness (QED) is 0.0537. The van der Waals surface area contributed by atoms with E-state index >= 15 is 0 Å². The van der Waals surface area contributed by atoms with E-state index in [0.717, 1.165) is 25.9 Å². The predicted molar refractivity (Wildman–Crippen MR) is 163 cm³/mol. The molecule has 0 spiro atoms. The van der Waals surface area contributed by atoms with E-state index in [1.165, 1.54) is 101 Å². The molecule has 0 aromatic rings. The average molecular weight is 579 g/mol. The fraction of sp³-hybridized carbons (Fsp3) is 0.968. The molecule has 0 aromatic heterocycles. The van der Waals surface area contributed by atoms with Crippen molar-refractivity contribution in [3.05, 3.63) is 0 Å². The number of rotatable bonds is 30. The number of hydrogen-bond acceptors (Lipinski definition) is 5. The van der Waals surface area contributed by atoms with Crippen LogP contribution < -0.4 is 4.90 Å². The summed E-state index contributed by atoms with van der Waals surface area (Å²) >= 11 is 0. The molecule has 2 unspecified atom stereocenters. The first-order valence-corrected chi connectivity index (χ1v) is 18.2. The summed E-state index contributed by atoms with van der Waals surface area (Å²) in [6.07, 6.45) is 22.4. The van der Waals surface area contributed by atoms with Crippen molar-refractivity contribution in [2.24, 2.45) is 0 Å². The summed E-state index contributed by atoms with van der Waals surface area (Å²) in [6, 6.07) is 0. The van der Waals surface area contributed by atoms with Gasteiger partial charge < -0.3 is 23.8 Å². The third-order valence-corrected chi connectivity index (χ3v) is 8.83. The van der Waals surface area contributed by atoms with Crippen LogP contribution in [0.4, 0.5) is 0 Å². The van der Waals surface area contributed by atoms with Crippen molar-refractivity contribution in [2.45, 2.75) is 149 Å². The largest absolute Gasteiger partial charge is 0.457 e. The number of unbranched alkanes of at least 4 members (excludes halogenated alkanes) is 16. The highest BCUT2D eigenvalue weighted by Crippen LogP contribution is 2.41. The molecule has 39 heavy (non-hydrogen) atoms. The summed E-state index contributed by atoms with van der Waals surface area (Å²) in [4.78, 5) is 23.2. The zero-order valence-electron chi connectivity index (χ0n) is 26.2. The van der Waals surface area contributed by atoms with Crippen molar-refractivity contribution in [2.75, 3.05) is 45.6 Å². The normalized spacial score (nSPS) is 14.0. The van der Waals surface area contributed by atoms with Crippen molar-refractivity contribution >= 4 is 13.6 Å². The number of hydrogen-bond donors (Lipinski definition) is 2. The minimum absolute atomic E-state index is 0.0958. The van der Waals surface area contributed by atoms with Crippen LogP contribution in [0.15, 0.2) is 0 Å². The van der Waals surface area contributed by atoms with Crippen LogP contribution in [0.3, 0.4) is 0 Å². The Morgan fingerprint density at radius 2 is 1.18 bits per heavy atom. The molecule has 7 nitrogen and oxygen atoms in total. The third-order valence-electron chi connectivity index (χ3n) is 7.49. The second kappa shape index (κ2) is 27.7. The van der Waals surface area contributed by atoms with Crippen LogP contribution in [0, 0.1) is 0 Å². The highest BCUT2D eigenvalue weighted by molar-refractivity contribution is 7.52. The number of ether oxygens (including phenoxy) is 2. The first-order chi connectivity index (χ1) is 18.9. The van der Waals surface area contributed by atoms with Gasteiger partial charge in [0.05, 0.1) is 39.0 Å². The lowest BCUT2D eigenvalue weighted by atomic mass is 10.0. The predicted octanol–water partition coefficient (Wildman–Crippen LogP) is 7.10. The number of carbonyl (C=O) groups is 1. The Hall–Kier alpha value is -0.460. The number of quaternary nitrogens is 1. The van der Waals surface area contributed by atoms with Gasteiger partial charge in [0.2, 0.25) is 0 Å². The van der Waals surface area contributed by atoms with Crippen molar-refractivity contribution in [3.63, 3.8) is 0 Å². The SMILES string of the molecule is CCCCCCCCCCCCCCCCCCCOCC(COP(=O)(O)CC[NH+](CC)CC)OC(=O)CC. The molecule has 0 aliphatic heterocycles. The molecule has 0 fully saturated rings. The van der Waals surface area contributed by atoms with Crippen molar-refractivity contribution in [1.82, 2.24) is 0 Å². The third kappa shape index (κ3) is 26.2. The summed E-state index contributed by atoms with van der Waals surface area (Å²) in [6.45, 7) is 11.2. The molecule has 234 valence electrons. The Balaban J connectivity index is 3.79. The summed E-state index contributed by atoms with van der Waals surface area (Å²) in [5.41, 5.74) is 0. The van der Waals surface area contributed by atoms with Gasteiger partial charge in [0.25, 0.3) is 0 Å². The van der Waals surface area contributed by atoms with Gasteiger partial charge in [-0.1, -0.05) is 117 Å². The van der Waals surface area contributed by atoms with Gasteiger partial charge in [-0.2, -0.15) is 0 Å². The van der Waals surface area contributed by atoms with E-state index < -0.39 is 13.7 Å². The maximum Gasteiger partial charge on any atom is 0.333 e. The molecule has 0 aromatic carbocycles. The Morgan fingerprint density at radius 3 is 1.62 bits per heavy atom. The van der Waals surface area contributed by atoms with Crippen molar-refractivity contribution < 1.29 is 33.2 Å². The maximum atomic E-state index is 12.4. The highest BCUT2D eigenvalue weighted by Gasteiger charge is 2.25. The van der Waals surface area contributed by atoms with Crippen molar-refractivity contribution in [1.29, 1.82) is 0 Å².